The van der Waals surface area contributed by atoms with Crippen LogP contribution in [0.15, 0.2) is 24.7 Å². The number of likely N-dealkylation sites (tertiary alicyclic amines) is 1. The summed E-state index contributed by atoms with van der Waals surface area (Å²) in [5.74, 6) is 0. The molecule has 20 heavy (non-hydrogen) atoms. The molecule has 0 saturated carbocycles. The lowest BCUT2D eigenvalue weighted by atomic mass is 10.1. The lowest BCUT2D eigenvalue weighted by Crippen LogP contribution is -2.30. The highest BCUT2D eigenvalue weighted by atomic mass is 15.3. The van der Waals surface area contributed by atoms with Crippen molar-refractivity contribution in [3.63, 3.8) is 0 Å². The smallest absolute Gasteiger partial charge is 0.107 e. The molecule has 3 rings (SSSR count). The van der Waals surface area contributed by atoms with Crippen LogP contribution in [0.25, 0.3) is 11.4 Å². The molecule has 1 atom stereocenters. The van der Waals surface area contributed by atoms with E-state index in [9.17, 15) is 0 Å². The van der Waals surface area contributed by atoms with Gasteiger partial charge in [-0.15, -0.1) is 0 Å². The third-order valence-corrected chi connectivity index (χ3v) is 4.05. The molecule has 5 nitrogen and oxygen atoms in total. The standard InChI is InChI=1S/C15H21N5/c1-11(2)20-8-4-5-15(20)13-10-16-12(9-17-13)14-6-7-18-19(14)3/h6-7,9-11,15H,4-5,8H2,1-3H3/t15-/m0/s1. The van der Waals surface area contributed by atoms with Crippen LogP contribution in [0, 0.1) is 0 Å². The molecule has 0 amide bonds. The summed E-state index contributed by atoms with van der Waals surface area (Å²) in [4.78, 5) is 11.7. The van der Waals surface area contributed by atoms with Gasteiger partial charge in [-0.05, 0) is 39.3 Å². The molecule has 1 saturated heterocycles. The Morgan fingerprint density at radius 2 is 2.10 bits per heavy atom. The van der Waals surface area contributed by atoms with E-state index >= 15 is 0 Å². The summed E-state index contributed by atoms with van der Waals surface area (Å²) in [5.41, 5.74) is 2.96. The SMILES string of the molecule is CC(C)N1CCC[C@H]1c1cnc(-c2ccnn2C)cn1. The lowest BCUT2D eigenvalue weighted by molar-refractivity contribution is 0.202. The topological polar surface area (TPSA) is 46.8 Å². The maximum absolute atomic E-state index is 4.65. The van der Waals surface area contributed by atoms with E-state index in [1.807, 2.05) is 30.2 Å². The predicted molar refractivity (Wildman–Crippen MR) is 78.1 cm³/mol. The molecule has 2 aromatic rings. The summed E-state index contributed by atoms with van der Waals surface area (Å²) in [6.45, 7) is 5.65. The van der Waals surface area contributed by atoms with Crippen LogP contribution in [0.4, 0.5) is 0 Å². The van der Waals surface area contributed by atoms with Crippen molar-refractivity contribution in [3.05, 3.63) is 30.4 Å². The highest BCUT2D eigenvalue weighted by molar-refractivity contribution is 5.52. The first kappa shape index (κ1) is 13.2. The summed E-state index contributed by atoms with van der Waals surface area (Å²) in [7, 11) is 1.92. The highest BCUT2D eigenvalue weighted by Crippen LogP contribution is 2.32. The summed E-state index contributed by atoms with van der Waals surface area (Å²) in [5, 5.41) is 4.17. The molecule has 1 aliphatic heterocycles. The molecule has 0 N–H and O–H groups in total. The van der Waals surface area contributed by atoms with Crippen LogP contribution in [0.2, 0.25) is 0 Å². The lowest BCUT2D eigenvalue weighted by Gasteiger charge is -2.27. The summed E-state index contributed by atoms with van der Waals surface area (Å²) in [6.07, 6.45) is 7.99. The fourth-order valence-corrected chi connectivity index (χ4v) is 2.99. The van der Waals surface area contributed by atoms with Crippen molar-refractivity contribution in [3.8, 4) is 11.4 Å². The van der Waals surface area contributed by atoms with E-state index in [2.05, 4.69) is 33.8 Å². The summed E-state index contributed by atoms with van der Waals surface area (Å²) < 4.78 is 1.82. The van der Waals surface area contributed by atoms with E-state index in [1.165, 1.54) is 12.8 Å². The Hall–Kier alpha value is -1.75. The van der Waals surface area contributed by atoms with Gasteiger partial charge in [0.1, 0.15) is 5.69 Å². The van der Waals surface area contributed by atoms with Gasteiger partial charge in [0.2, 0.25) is 0 Å². The van der Waals surface area contributed by atoms with E-state index in [0.29, 0.717) is 12.1 Å². The highest BCUT2D eigenvalue weighted by Gasteiger charge is 2.29. The normalized spacial score (nSPS) is 19.9. The van der Waals surface area contributed by atoms with Crippen molar-refractivity contribution in [1.82, 2.24) is 24.6 Å². The van der Waals surface area contributed by atoms with Crippen LogP contribution in [0.3, 0.4) is 0 Å². The zero-order chi connectivity index (χ0) is 14.1. The molecule has 0 aromatic carbocycles. The molecule has 0 unspecified atom stereocenters. The predicted octanol–water partition coefficient (Wildman–Crippen LogP) is 2.42. The Morgan fingerprint density at radius 3 is 2.70 bits per heavy atom. The van der Waals surface area contributed by atoms with Crippen molar-refractivity contribution < 1.29 is 0 Å². The summed E-state index contributed by atoms with van der Waals surface area (Å²) >= 11 is 0. The van der Waals surface area contributed by atoms with E-state index in [-0.39, 0.29) is 0 Å². The summed E-state index contributed by atoms with van der Waals surface area (Å²) in [6, 6.07) is 2.93. The van der Waals surface area contributed by atoms with Gasteiger partial charge >= 0.3 is 0 Å². The van der Waals surface area contributed by atoms with Gasteiger partial charge in [-0.3, -0.25) is 19.5 Å². The minimum Gasteiger partial charge on any atom is -0.292 e. The van der Waals surface area contributed by atoms with Crippen LogP contribution in [-0.4, -0.2) is 37.2 Å². The van der Waals surface area contributed by atoms with Crippen LogP contribution >= 0.6 is 0 Å². The van der Waals surface area contributed by atoms with Gasteiger partial charge in [-0.25, -0.2) is 0 Å². The Balaban J connectivity index is 1.85. The third kappa shape index (κ3) is 2.33. The minimum absolute atomic E-state index is 0.420. The van der Waals surface area contributed by atoms with Gasteiger partial charge in [0.05, 0.1) is 29.8 Å². The van der Waals surface area contributed by atoms with Gasteiger partial charge < -0.3 is 0 Å². The van der Waals surface area contributed by atoms with Crippen molar-refractivity contribution >= 4 is 0 Å². The van der Waals surface area contributed by atoms with Crippen molar-refractivity contribution in [1.29, 1.82) is 0 Å². The molecular formula is C15H21N5. The number of aryl methyl sites for hydroxylation is 1. The molecule has 106 valence electrons. The van der Waals surface area contributed by atoms with Gasteiger partial charge in [-0.2, -0.15) is 5.10 Å². The zero-order valence-corrected chi connectivity index (χ0v) is 12.3. The van der Waals surface area contributed by atoms with Crippen LogP contribution < -0.4 is 0 Å². The second-order valence-electron chi connectivity index (χ2n) is 5.66. The molecule has 1 aliphatic rings. The largest absolute Gasteiger partial charge is 0.292 e. The molecule has 0 aliphatic carbocycles. The number of aromatic nitrogens is 4. The van der Waals surface area contributed by atoms with E-state index in [4.69, 9.17) is 0 Å². The van der Waals surface area contributed by atoms with Crippen molar-refractivity contribution in [2.24, 2.45) is 7.05 Å². The monoisotopic (exact) mass is 271 g/mol. The van der Waals surface area contributed by atoms with Crippen molar-refractivity contribution in [2.45, 2.75) is 38.8 Å². The Labute approximate surface area is 119 Å². The van der Waals surface area contributed by atoms with Gasteiger partial charge in [0, 0.05) is 19.3 Å². The fraction of sp³-hybridized carbons (Fsp3) is 0.533. The first-order chi connectivity index (χ1) is 9.66. The first-order valence-electron chi connectivity index (χ1n) is 7.23. The van der Waals surface area contributed by atoms with Crippen LogP contribution in [-0.2, 0) is 7.05 Å². The molecule has 0 bridgehead atoms. The van der Waals surface area contributed by atoms with Gasteiger partial charge in [-0.1, -0.05) is 0 Å². The van der Waals surface area contributed by atoms with Crippen LogP contribution in [0.5, 0.6) is 0 Å². The number of hydrogen-bond acceptors (Lipinski definition) is 4. The maximum atomic E-state index is 4.65. The molecule has 0 radical (unpaired) electrons. The van der Waals surface area contributed by atoms with Crippen molar-refractivity contribution in [2.75, 3.05) is 6.54 Å². The average molecular weight is 271 g/mol. The zero-order valence-electron chi connectivity index (χ0n) is 12.3. The maximum Gasteiger partial charge on any atom is 0.107 e. The average Bonchev–Trinajstić information content (AvgIpc) is 3.07. The number of nitrogens with zero attached hydrogens (tertiary/aromatic N) is 5. The number of hydrogen-bond donors (Lipinski definition) is 0. The fourth-order valence-electron chi connectivity index (χ4n) is 2.99. The quantitative estimate of drug-likeness (QED) is 0.860. The molecule has 3 heterocycles. The second kappa shape index (κ2) is 5.32. The van der Waals surface area contributed by atoms with Gasteiger partial charge in [0.25, 0.3) is 0 Å². The van der Waals surface area contributed by atoms with Gasteiger partial charge in [0.15, 0.2) is 0 Å². The second-order valence-corrected chi connectivity index (χ2v) is 5.66. The molecule has 5 heteroatoms. The molecule has 1 fully saturated rings. The Bertz CT molecular complexity index is 572. The molecular weight excluding hydrogens is 250 g/mol. The third-order valence-electron chi connectivity index (χ3n) is 4.05. The van der Waals surface area contributed by atoms with Crippen LogP contribution in [0.1, 0.15) is 38.4 Å². The Morgan fingerprint density at radius 1 is 1.25 bits per heavy atom. The Kier molecular flexibility index (Phi) is 3.53. The molecule has 0 spiro atoms. The molecule has 2 aromatic heterocycles. The van der Waals surface area contributed by atoms with E-state index in [1.54, 1.807) is 6.20 Å². The van der Waals surface area contributed by atoms with E-state index in [0.717, 1.165) is 23.6 Å². The number of rotatable bonds is 3. The minimum atomic E-state index is 0.420. The van der Waals surface area contributed by atoms with E-state index < -0.39 is 0 Å². The first-order valence-corrected chi connectivity index (χ1v) is 7.23.